The summed E-state index contributed by atoms with van der Waals surface area (Å²) in [7, 11) is 1.68. The number of hydrogen-bond donors (Lipinski definition) is 1. The van der Waals surface area contributed by atoms with E-state index in [0.717, 1.165) is 12.5 Å². The molecule has 0 radical (unpaired) electrons. The second kappa shape index (κ2) is 7.04. The Morgan fingerprint density at radius 3 is 2.44 bits per heavy atom. The maximum atomic E-state index is 13.6. The minimum Gasteiger partial charge on any atom is -0.312 e. The number of rotatable bonds is 6. The molecule has 0 heterocycles. The number of nitrogens with one attached hydrogen (secondary N) is 1. The van der Waals surface area contributed by atoms with Crippen LogP contribution in [0.15, 0.2) is 12.1 Å². The third-order valence-electron chi connectivity index (χ3n) is 2.91. The van der Waals surface area contributed by atoms with Gasteiger partial charge in [0.2, 0.25) is 0 Å². The highest BCUT2D eigenvalue weighted by Crippen LogP contribution is 2.26. The molecule has 0 aliphatic carbocycles. The van der Waals surface area contributed by atoms with Crippen LogP contribution in [0.4, 0.5) is 13.2 Å². The van der Waals surface area contributed by atoms with Crippen LogP contribution in [0, 0.1) is 17.5 Å². The van der Waals surface area contributed by atoms with Crippen LogP contribution in [0.2, 0.25) is 0 Å². The van der Waals surface area contributed by atoms with Crippen molar-refractivity contribution in [3.63, 3.8) is 0 Å². The highest BCUT2D eigenvalue weighted by atomic mass is 32.2. The highest BCUT2D eigenvalue weighted by molar-refractivity contribution is 7.99. The fourth-order valence-electron chi connectivity index (χ4n) is 1.52. The molecule has 0 aromatic heterocycles. The molecule has 5 heteroatoms. The molecule has 0 saturated carbocycles. The second-order valence-corrected chi connectivity index (χ2v) is 5.63. The summed E-state index contributed by atoms with van der Waals surface area (Å²) in [5.41, 5.74) is 0.173. The molecule has 0 spiro atoms. The van der Waals surface area contributed by atoms with Gasteiger partial charge in [-0.1, -0.05) is 19.9 Å². The van der Waals surface area contributed by atoms with Crippen molar-refractivity contribution in [3.05, 3.63) is 35.1 Å². The van der Waals surface area contributed by atoms with Crippen molar-refractivity contribution in [1.29, 1.82) is 0 Å². The van der Waals surface area contributed by atoms with Crippen LogP contribution >= 0.6 is 11.8 Å². The van der Waals surface area contributed by atoms with Crippen LogP contribution in [0.3, 0.4) is 0 Å². The Balaban J connectivity index is 2.85. The van der Waals surface area contributed by atoms with Gasteiger partial charge < -0.3 is 5.32 Å². The van der Waals surface area contributed by atoms with E-state index < -0.39 is 17.5 Å². The van der Waals surface area contributed by atoms with E-state index in [4.69, 9.17) is 0 Å². The monoisotopic (exact) mass is 277 g/mol. The number of hydrogen-bond acceptors (Lipinski definition) is 2. The smallest absolute Gasteiger partial charge is 0.194 e. The first kappa shape index (κ1) is 15.4. The minimum absolute atomic E-state index is 0.173. The maximum absolute atomic E-state index is 13.6. The summed E-state index contributed by atoms with van der Waals surface area (Å²) in [6.07, 6.45) is 1.02. The largest absolute Gasteiger partial charge is 0.312 e. The molecule has 0 bridgehead atoms. The summed E-state index contributed by atoms with van der Waals surface area (Å²) in [5.74, 6) is -3.03. The van der Waals surface area contributed by atoms with E-state index in [2.05, 4.69) is 19.2 Å². The second-order valence-electron chi connectivity index (χ2n) is 4.16. The Bertz CT molecular complexity index is 398. The zero-order valence-electron chi connectivity index (χ0n) is 10.8. The van der Waals surface area contributed by atoms with Crippen molar-refractivity contribution in [1.82, 2.24) is 5.32 Å². The van der Waals surface area contributed by atoms with Crippen LogP contribution < -0.4 is 5.32 Å². The molecule has 0 fully saturated rings. The molecule has 1 nitrogen and oxygen atoms in total. The third-order valence-corrected chi connectivity index (χ3v) is 4.34. The van der Waals surface area contributed by atoms with E-state index in [9.17, 15) is 13.2 Å². The first-order valence-electron chi connectivity index (χ1n) is 5.93. The summed E-state index contributed by atoms with van der Waals surface area (Å²) >= 11 is 1.68. The third kappa shape index (κ3) is 3.65. The van der Waals surface area contributed by atoms with E-state index in [-0.39, 0.29) is 11.6 Å². The van der Waals surface area contributed by atoms with Crippen molar-refractivity contribution < 1.29 is 13.2 Å². The van der Waals surface area contributed by atoms with E-state index in [1.54, 1.807) is 18.8 Å². The lowest BCUT2D eigenvalue weighted by molar-refractivity contribution is 0.433. The van der Waals surface area contributed by atoms with E-state index in [1.807, 2.05) is 0 Å². The molecule has 18 heavy (non-hydrogen) atoms. The molecule has 1 rings (SSSR count). The maximum Gasteiger partial charge on any atom is 0.194 e. The number of halogens is 3. The quantitative estimate of drug-likeness (QED) is 0.792. The molecule has 2 atom stereocenters. The Kier molecular flexibility index (Phi) is 6.02. The Morgan fingerprint density at radius 2 is 1.89 bits per heavy atom. The van der Waals surface area contributed by atoms with Gasteiger partial charge in [-0.05, 0) is 19.5 Å². The summed E-state index contributed by atoms with van der Waals surface area (Å²) in [6.45, 7) is 4.16. The fraction of sp³-hybridized carbons (Fsp3) is 0.538. The SMILES string of the molecule is CCC(C)SCC(NC)c1ccc(F)c(F)c1F. The molecule has 0 amide bonds. The topological polar surface area (TPSA) is 12.0 Å². The molecule has 0 saturated heterocycles. The molecule has 1 N–H and O–H groups in total. The van der Waals surface area contributed by atoms with Gasteiger partial charge in [0, 0.05) is 22.6 Å². The van der Waals surface area contributed by atoms with Crippen molar-refractivity contribution >= 4 is 11.8 Å². The normalized spacial score (nSPS) is 14.6. The predicted molar refractivity (Wildman–Crippen MR) is 70.3 cm³/mol. The average molecular weight is 277 g/mol. The van der Waals surface area contributed by atoms with E-state index >= 15 is 0 Å². The van der Waals surface area contributed by atoms with Gasteiger partial charge in [-0.15, -0.1) is 0 Å². The molecule has 102 valence electrons. The summed E-state index contributed by atoms with van der Waals surface area (Å²) < 4.78 is 39.7. The summed E-state index contributed by atoms with van der Waals surface area (Å²) in [6, 6.07) is 1.94. The first-order chi connectivity index (χ1) is 8.51. The fourth-order valence-corrected chi connectivity index (χ4v) is 2.62. The molecule has 2 unspecified atom stereocenters. The lowest BCUT2D eigenvalue weighted by Crippen LogP contribution is -2.21. The van der Waals surface area contributed by atoms with Gasteiger partial charge in [-0.3, -0.25) is 0 Å². The van der Waals surface area contributed by atoms with Crippen LogP contribution in [-0.2, 0) is 0 Å². The van der Waals surface area contributed by atoms with Crippen LogP contribution in [-0.4, -0.2) is 18.1 Å². The van der Waals surface area contributed by atoms with Crippen LogP contribution in [0.25, 0.3) is 0 Å². The standard InChI is InChI=1S/C13H18F3NS/c1-4-8(2)18-7-11(17-3)9-5-6-10(14)13(16)12(9)15/h5-6,8,11,17H,4,7H2,1-3H3. The van der Waals surface area contributed by atoms with Gasteiger partial charge in [0.25, 0.3) is 0 Å². The van der Waals surface area contributed by atoms with Gasteiger partial charge in [-0.25, -0.2) is 13.2 Å². The number of thioether (sulfide) groups is 1. The van der Waals surface area contributed by atoms with Crippen molar-refractivity contribution in [2.75, 3.05) is 12.8 Å². The molecule has 1 aromatic carbocycles. The zero-order valence-corrected chi connectivity index (χ0v) is 11.6. The average Bonchev–Trinajstić information content (AvgIpc) is 2.38. The first-order valence-corrected chi connectivity index (χ1v) is 6.98. The lowest BCUT2D eigenvalue weighted by atomic mass is 10.1. The van der Waals surface area contributed by atoms with Gasteiger partial charge in [-0.2, -0.15) is 11.8 Å². The highest BCUT2D eigenvalue weighted by Gasteiger charge is 2.20. The van der Waals surface area contributed by atoms with Gasteiger partial charge in [0.1, 0.15) is 0 Å². The van der Waals surface area contributed by atoms with Gasteiger partial charge >= 0.3 is 0 Å². The van der Waals surface area contributed by atoms with Crippen LogP contribution in [0.5, 0.6) is 0 Å². The van der Waals surface area contributed by atoms with Crippen molar-refractivity contribution in [2.24, 2.45) is 0 Å². The summed E-state index contributed by atoms with van der Waals surface area (Å²) in [5, 5.41) is 3.39. The van der Waals surface area contributed by atoms with Gasteiger partial charge in [0.05, 0.1) is 0 Å². The Morgan fingerprint density at radius 1 is 1.22 bits per heavy atom. The Hall–Kier alpha value is -0.680. The van der Waals surface area contributed by atoms with Crippen molar-refractivity contribution in [2.45, 2.75) is 31.6 Å². The minimum atomic E-state index is -1.40. The Labute approximate surface area is 110 Å². The van der Waals surface area contributed by atoms with Crippen molar-refractivity contribution in [3.8, 4) is 0 Å². The van der Waals surface area contributed by atoms with Crippen LogP contribution in [0.1, 0.15) is 31.9 Å². The zero-order chi connectivity index (χ0) is 13.7. The van der Waals surface area contributed by atoms with Gasteiger partial charge in [0.15, 0.2) is 17.5 Å². The van der Waals surface area contributed by atoms with E-state index in [1.165, 1.54) is 6.07 Å². The molecule has 1 aromatic rings. The number of benzene rings is 1. The van der Waals surface area contributed by atoms with E-state index in [0.29, 0.717) is 11.0 Å². The molecule has 0 aliphatic heterocycles. The lowest BCUT2D eigenvalue weighted by Gasteiger charge is -2.19. The predicted octanol–water partition coefficient (Wildman–Crippen LogP) is 3.90. The summed E-state index contributed by atoms with van der Waals surface area (Å²) in [4.78, 5) is 0. The molecular formula is C13H18F3NS. The molecular weight excluding hydrogens is 259 g/mol. The molecule has 0 aliphatic rings.